The first-order chi connectivity index (χ1) is 41.9. The number of aromatic nitrogens is 7. The van der Waals surface area contributed by atoms with Crippen molar-refractivity contribution >= 4 is 115 Å². The zero-order valence-corrected chi connectivity index (χ0v) is 51.9. The van der Waals surface area contributed by atoms with Gasteiger partial charge < -0.3 is 51.8 Å². The third-order valence-electron chi connectivity index (χ3n) is 14.3. The predicted molar refractivity (Wildman–Crippen MR) is 327 cm³/mol. The topological polar surface area (TPSA) is 350 Å². The van der Waals surface area contributed by atoms with Gasteiger partial charge in [-0.05, 0) is 43.4 Å². The molecule has 11 rings (SSSR count). The number of likely N-dealkylation sites (tertiary alicyclic amines) is 1. The molecule has 87 heavy (non-hydrogen) atoms. The van der Waals surface area contributed by atoms with Gasteiger partial charge in [-0.2, -0.15) is 0 Å². The second kappa shape index (κ2) is 26.0. The number of ether oxygens (including phenoxy) is 2. The molecule has 3 aliphatic heterocycles. The number of benzene rings is 1. The van der Waals surface area contributed by atoms with Crippen molar-refractivity contribution in [1.82, 2.24) is 66.4 Å². The number of aryl methyl sites for hydroxylation is 1. The molecule has 8 N–H and O–H groups in total. The van der Waals surface area contributed by atoms with Gasteiger partial charge in [0, 0.05) is 52.7 Å². The number of nitrogens with zero attached hydrogens (tertiary/aromatic N) is 9. The van der Waals surface area contributed by atoms with Crippen LogP contribution in [0, 0.1) is 12.8 Å². The fourth-order valence-electron chi connectivity index (χ4n) is 9.84. The molecule has 3 aliphatic rings. The molecule has 0 saturated carbocycles. The number of hydrogen-bond donors (Lipinski definition) is 7. The Morgan fingerprint density at radius 1 is 0.759 bits per heavy atom. The van der Waals surface area contributed by atoms with E-state index in [0.29, 0.717) is 93.8 Å². The molecule has 6 atom stereocenters. The van der Waals surface area contributed by atoms with Crippen LogP contribution in [0.3, 0.4) is 0 Å². The highest BCUT2D eigenvalue weighted by Gasteiger charge is 2.39. The van der Waals surface area contributed by atoms with E-state index in [0.717, 1.165) is 11.3 Å². The van der Waals surface area contributed by atoms with E-state index >= 15 is 0 Å². The number of aliphatic imine (C=N–C) groups is 1. The number of nitrogens with two attached hydrogens (primary N) is 1. The zero-order chi connectivity index (χ0) is 61.2. The second-order valence-corrected chi connectivity index (χ2v) is 26.3. The summed E-state index contributed by atoms with van der Waals surface area (Å²) in [4.78, 5) is 136. The Morgan fingerprint density at radius 2 is 1.47 bits per heavy atom. The van der Waals surface area contributed by atoms with Crippen molar-refractivity contribution in [3.05, 3.63) is 117 Å². The maximum Gasteiger partial charge on any atom is 0.271 e. The Hall–Kier alpha value is -8.17. The molecular formula is C56H55N15O10S6. The van der Waals surface area contributed by atoms with Crippen LogP contribution >= 0.6 is 68.0 Å². The van der Waals surface area contributed by atoms with E-state index in [1.54, 1.807) is 70.9 Å². The number of primary amides is 1. The average Bonchev–Trinajstić information content (AvgIpc) is 2.59. The van der Waals surface area contributed by atoms with Crippen LogP contribution in [0.25, 0.3) is 43.4 Å². The van der Waals surface area contributed by atoms with Crippen molar-refractivity contribution in [1.29, 1.82) is 0 Å². The normalized spacial score (nSPS) is 19.6. The zero-order valence-electron chi connectivity index (χ0n) is 47.0. The lowest BCUT2D eigenvalue weighted by atomic mass is 10.0. The van der Waals surface area contributed by atoms with Crippen LogP contribution in [0.2, 0.25) is 0 Å². The smallest absolute Gasteiger partial charge is 0.271 e. The van der Waals surface area contributed by atoms with Crippen LogP contribution in [0.4, 0.5) is 0 Å². The third kappa shape index (κ3) is 13.0. The Kier molecular flexibility index (Phi) is 18.1. The lowest BCUT2D eigenvalue weighted by molar-refractivity contribution is -0.138. The highest BCUT2D eigenvalue weighted by atomic mass is 32.1. The number of carbonyl (C=O) groups is 7. The lowest BCUT2D eigenvalue weighted by Crippen LogP contribution is -2.47. The molecule has 10 bridgehead atoms. The number of aliphatic hydroxyl groups excluding tert-OH is 1. The number of amides is 7. The molecule has 25 nitrogen and oxygen atoms in total. The van der Waals surface area contributed by atoms with E-state index in [4.69, 9.17) is 50.1 Å². The first kappa shape index (κ1) is 60.5. The number of fused-ring (bicyclic) bond motifs is 14. The third-order valence-corrected chi connectivity index (χ3v) is 20.0. The number of rotatable bonds is 11. The van der Waals surface area contributed by atoms with Crippen molar-refractivity contribution < 1.29 is 48.1 Å². The molecule has 1 saturated heterocycles. The molecule has 1 fully saturated rings. The van der Waals surface area contributed by atoms with E-state index in [9.17, 15) is 38.7 Å². The second-order valence-electron chi connectivity index (χ2n) is 20.5. The minimum absolute atomic E-state index is 0.00115. The largest absolute Gasteiger partial charge is 0.473 e. The van der Waals surface area contributed by atoms with Gasteiger partial charge in [0.2, 0.25) is 23.6 Å². The number of aliphatic hydroxyl groups is 1. The number of nitrogens with one attached hydrogen (secondary N) is 5. The first-order valence-electron chi connectivity index (χ1n) is 27.2. The maximum absolute atomic E-state index is 14.4. The number of hydrogen-bond acceptors (Lipinski definition) is 24. The van der Waals surface area contributed by atoms with E-state index < -0.39 is 78.3 Å². The van der Waals surface area contributed by atoms with Crippen molar-refractivity contribution in [2.24, 2.45) is 16.6 Å². The summed E-state index contributed by atoms with van der Waals surface area (Å²) in [5, 5.41) is 35.3. The van der Waals surface area contributed by atoms with Gasteiger partial charge in [0.15, 0.2) is 6.04 Å². The van der Waals surface area contributed by atoms with Gasteiger partial charge >= 0.3 is 0 Å². The quantitative estimate of drug-likeness (QED) is 0.0788. The fraction of sp³-hybridized carbons (Fsp3) is 0.339. The van der Waals surface area contributed by atoms with Crippen LogP contribution in [0.1, 0.15) is 125 Å². The van der Waals surface area contributed by atoms with Gasteiger partial charge in [-0.25, -0.2) is 39.9 Å². The highest BCUT2D eigenvalue weighted by Crippen LogP contribution is 2.40. The van der Waals surface area contributed by atoms with Gasteiger partial charge in [0.05, 0.1) is 42.2 Å². The molecule has 7 amide bonds. The summed E-state index contributed by atoms with van der Waals surface area (Å²) in [6.07, 6.45) is -0.374. The monoisotopic (exact) mass is 1290 g/mol. The first-order valence-corrected chi connectivity index (χ1v) is 32.3. The molecule has 10 heterocycles. The Bertz CT molecular complexity index is 3980. The highest BCUT2D eigenvalue weighted by molar-refractivity contribution is 7.15. The lowest BCUT2D eigenvalue weighted by Gasteiger charge is -2.23. The minimum atomic E-state index is -1.28. The van der Waals surface area contributed by atoms with Gasteiger partial charge in [-0.15, -0.1) is 68.0 Å². The van der Waals surface area contributed by atoms with Crippen LogP contribution < -0.4 is 32.3 Å². The molecule has 0 aliphatic carbocycles. The summed E-state index contributed by atoms with van der Waals surface area (Å²) in [7, 11) is 2.94. The number of carbonyl (C=O) groups excluding carboxylic acids is 7. The summed E-state index contributed by atoms with van der Waals surface area (Å²) < 4.78 is 11.4. The van der Waals surface area contributed by atoms with E-state index in [-0.39, 0.29) is 59.4 Å². The van der Waals surface area contributed by atoms with Gasteiger partial charge in [-0.1, -0.05) is 44.2 Å². The van der Waals surface area contributed by atoms with Crippen molar-refractivity contribution in [2.45, 2.75) is 83.0 Å². The summed E-state index contributed by atoms with van der Waals surface area (Å²) in [5.74, 6) is -3.91. The molecular weight excluding hydrogens is 1240 g/mol. The molecule has 450 valence electrons. The van der Waals surface area contributed by atoms with Gasteiger partial charge in [0.1, 0.15) is 94.7 Å². The van der Waals surface area contributed by atoms with Crippen LogP contribution in [0.5, 0.6) is 0 Å². The Morgan fingerprint density at radius 3 is 2.23 bits per heavy atom. The summed E-state index contributed by atoms with van der Waals surface area (Å²) >= 11 is 7.20. The van der Waals surface area contributed by atoms with Gasteiger partial charge in [-0.3, -0.25) is 33.6 Å². The standard InChI is InChI=1S/C56H55N15O10S6/c1-24(2)39-55-70-42(36(87-55)19-80-5)47(77)59-17-38(73)67-43(44(74)26-10-7-6-8-11-26)54-66-34(23-85-54)52-63-31(20-83-52)41-27(50-64-32(21-82-50)46(76)61-29(16-37(72)58-4)53-69-40(25(3)86-53)48(78)68-39)13-14-28(60-41)51-65-33(22-84-51)49-62-30(18-81-49)56(79)71-15-9-12-35(71)45(57)75/h6-8,10-11,13-14,20-24,29-30,35,39,43-44,74H,9,12,15-19H2,1-5H3,(H2,57,75)(H,58,72)(H,59,77)(H,61,76)(H,67,73)(H,68,78)/t29-,30+,35+,39-,43-,44-/m0/s1. The Balaban J connectivity index is 0.970. The summed E-state index contributed by atoms with van der Waals surface area (Å²) in [6.45, 7) is 5.31. The molecule has 0 unspecified atom stereocenters. The summed E-state index contributed by atoms with van der Waals surface area (Å²) in [5.41, 5.74) is 8.65. The molecule has 1 aromatic carbocycles. The molecule has 7 aromatic heterocycles. The Labute approximate surface area is 520 Å². The fourth-order valence-corrected chi connectivity index (χ4v) is 15.4. The van der Waals surface area contributed by atoms with E-state index in [1.807, 2.05) is 13.8 Å². The SMILES string of the molecule is CNC(=O)C[C@@H]1NC(=O)c2csc(n2)-c2ccc(-c3nc(C4=N[C@@H](C(=O)N5CCC[C@@H]5C(N)=O)CO4)cs3)nc2-c2csc(n2)-c2csc(n2)[C@H]([C@@H](O)c2ccccc2)NC(=O)CNC(=O)c2nc(sc2COC)[C@H](C(C)C)NC(=O)c2nc1sc2C. The van der Waals surface area contributed by atoms with Crippen LogP contribution in [-0.2, 0) is 35.3 Å². The van der Waals surface area contributed by atoms with Gasteiger partial charge in [0.25, 0.3) is 23.6 Å². The van der Waals surface area contributed by atoms with Crippen molar-refractivity contribution in [3.63, 3.8) is 0 Å². The number of pyridine rings is 1. The summed E-state index contributed by atoms with van der Waals surface area (Å²) in [6, 6.07) is 7.92. The number of methoxy groups -OCH3 is 1. The van der Waals surface area contributed by atoms with E-state index in [2.05, 4.69) is 31.6 Å². The maximum atomic E-state index is 14.4. The molecule has 8 aromatic rings. The molecule has 0 spiro atoms. The minimum Gasteiger partial charge on any atom is -0.473 e. The molecule has 0 radical (unpaired) electrons. The molecule has 31 heteroatoms. The van der Waals surface area contributed by atoms with E-state index in [1.165, 1.54) is 75.7 Å². The average molecular weight is 1290 g/mol. The van der Waals surface area contributed by atoms with Crippen molar-refractivity contribution in [3.8, 4) is 43.4 Å². The predicted octanol–water partition coefficient (Wildman–Crippen LogP) is 5.93. The van der Waals surface area contributed by atoms with Crippen molar-refractivity contribution in [2.75, 3.05) is 33.9 Å². The number of thiazole rings is 6. The van der Waals surface area contributed by atoms with Crippen LogP contribution in [0.15, 0.2) is 69.0 Å². The van der Waals surface area contributed by atoms with Crippen LogP contribution in [-0.4, -0.2) is 138 Å².